The van der Waals surface area contributed by atoms with E-state index in [2.05, 4.69) is 5.32 Å². The van der Waals surface area contributed by atoms with E-state index in [4.69, 9.17) is 5.11 Å². The third-order valence-corrected chi connectivity index (χ3v) is 5.43. The zero-order chi connectivity index (χ0) is 16.2. The molecule has 1 saturated heterocycles. The van der Waals surface area contributed by atoms with Crippen molar-refractivity contribution in [3.63, 3.8) is 0 Å². The van der Waals surface area contributed by atoms with Gasteiger partial charge in [0.2, 0.25) is 0 Å². The molecule has 1 rings (SSSR count). The van der Waals surface area contributed by atoms with E-state index in [9.17, 15) is 18.0 Å². The molecule has 0 aromatic rings. The van der Waals surface area contributed by atoms with Crippen LogP contribution in [0.15, 0.2) is 0 Å². The molecule has 2 amide bonds. The summed E-state index contributed by atoms with van der Waals surface area (Å²) in [6, 6.07) is -0.754. The van der Waals surface area contributed by atoms with Gasteiger partial charge in [-0.05, 0) is 18.8 Å². The van der Waals surface area contributed by atoms with Gasteiger partial charge in [0.05, 0.1) is 17.4 Å². The Morgan fingerprint density at radius 3 is 2.43 bits per heavy atom. The van der Waals surface area contributed by atoms with Crippen molar-refractivity contribution >= 4 is 21.8 Å². The maximum atomic E-state index is 12.0. The summed E-state index contributed by atoms with van der Waals surface area (Å²) in [4.78, 5) is 24.5. The lowest BCUT2D eigenvalue weighted by Crippen LogP contribution is -2.46. The average Bonchev–Trinajstić information content (AvgIpc) is 2.72. The van der Waals surface area contributed by atoms with E-state index in [1.807, 2.05) is 13.8 Å². The second kappa shape index (κ2) is 7.11. The van der Waals surface area contributed by atoms with E-state index in [1.165, 1.54) is 4.90 Å². The number of sulfone groups is 1. The zero-order valence-corrected chi connectivity index (χ0v) is 13.5. The molecule has 0 spiro atoms. The minimum absolute atomic E-state index is 0.0225. The molecular formula is C13H24N2O5S. The number of hydrogen-bond donors (Lipinski definition) is 2. The Morgan fingerprint density at radius 1 is 1.38 bits per heavy atom. The molecule has 0 saturated carbocycles. The molecule has 2 N–H and O–H groups in total. The van der Waals surface area contributed by atoms with Crippen molar-refractivity contribution in [2.24, 2.45) is 11.8 Å². The van der Waals surface area contributed by atoms with Crippen LogP contribution in [0.3, 0.4) is 0 Å². The number of carboxylic acid groups (broad SMARTS) is 1. The zero-order valence-electron chi connectivity index (χ0n) is 12.7. The Morgan fingerprint density at radius 2 is 2.00 bits per heavy atom. The van der Waals surface area contributed by atoms with Gasteiger partial charge in [-0.25, -0.2) is 13.2 Å². The summed E-state index contributed by atoms with van der Waals surface area (Å²) in [5.74, 6) is -1.27. The molecule has 0 aliphatic carbocycles. The number of rotatable bonds is 6. The summed E-state index contributed by atoms with van der Waals surface area (Å²) in [6.45, 7) is 3.90. The van der Waals surface area contributed by atoms with Gasteiger partial charge in [0.1, 0.15) is 0 Å². The second-order valence-corrected chi connectivity index (χ2v) is 8.25. The first-order chi connectivity index (χ1) is 9.62. The van der Waals surface area contributed by atoms with E-state index < -0.39 is 27.8 Å². The van der Waals surface area contributed by atoms with Crippen molar-refractivity contribution in [1.29, 1.82) is 0 Å². The van der Waals surface area contributed by atoms with Gasteiger partial charge in [-0.15, -0.1) is 0 Å². The molecule has 1 fully saturated rings. The number of aliphatic carboxylic acids is 1. The third-order valence-electron chi connectivity index (χ3n) is 3.68. The minimum Gasteiger partial charge on any atom is -0.481 e. The molecule has 0 radical (unpaired) electrons. The first-order valence-corrected chi connectivity index (χ1v) is 8.88. The number of amides is 2. The summed E-state index contributed by atoms with van der Waals surface area (Å²) in [5, 5.41) is 11.7. The van der Waals surface area contributed by atoms with Crippen LogP contribution in [0.4, 0.5) is 4.79 Å². The van der Waals surface area contributed by atoms with Crippen molar-refractivity contribution in [3.8, 4) is 0 Å². The van der Waals surface area contributed by atoms with Crippen LogP contribution in [0.1, 0.15) is 26.7 Å². The summed E-state index contributed by atoms with van der Waals surface area (Å²) < 4.78 is 22.8. The van der Waals surface area contributed by atoms with Gasteiger partial charge in [-0.1, -0.05) is 13.8 Å². The van der Waals surface area contributed by atoms with E-state index in [0.29, 0.717) is 12.8 Å². The normalized spacial score (nSPS) is 22.0. The van der Waals surface area contributed by atoms with Crippen LogP contribution in [0.5, 0.6) is 0 Å². The maximum absolute atomic E-state index is 12.0. The number of hydrogen-bond acceptors (Lipinski definition) is 4. The van der Waals surface area contributed by atoms with Crippen LogP contribution in [-0.4, -0.2) is 61.6 Å². The molecule has 0 aromatic heterocycles. The van der Waals surface area contributed by atoms with E-state index >= 15 is 0 Å². The lowest BCUT2D eigenvalue weighted by Gasteiger charge is -2.25. The number of urea groups is 1. The molecule has 7 nitrogen and oxygen atoms in total. The van der Waals surface area contributed by atoms with Gasteiger partial charge in [0, 0.05) is 19.6 Å². The van der Waals surface area contributed by atoms with Crippen LogP contribution in [0, 0.1) is 11.8 Å². The molecule has 2 atom stereocenters. The number of carbonyl (C=O) groups is 2. The quantitative estimate of drug-likeness (QED) is 0.744. The van der Waals surface area contributed by atoms with Crippen LogP contribution in [0.2, 0.25) is 0 Å². The van der Waals surface area contributed by atoms with Gasteiger partial charge >= 0.3 is 12.0 Å². The standard InChI is InChI=1S/C13H24N2O5S/c1-9(2)6-10(12(16)17)7-14-13(18)15(3)11-4-5-21(19,20)8-11/h9-11H,4-8H2,1-3H3,(H,14,18)(H,16,17). The van der Waals surface area contributed by atoms with Gasteiger partial charge in [-0.3, -0.25) is 4.79 Å². The van der Waals surface area contributed by atoms with Gasteiger partial charge in [0.15, 0.2) is 9.84 Å². The molecule has 1 aliphatic heterocycles. The van der Waals surface area contributed by atoms with Crippen LogP contribution < -0.4 is 5.32 Å². The highest BCUT2D eigenvalue weighted by Gasteiger charge is 2.33. The molecule has 2 unspecified atom stereocenters. The maximum Gasteiger partial charge on any atom is 0.317 e. The SMILES string of the molecule is CC(C)CC(CNC(=O)N(C)C1CCS(=O)(=O)C1)C(=O)O. The number of carboxylic acids is 1. The predicted octanol–water partition coefficient (Wildman–Crippen LogP) is 0.562. The Labute approximate surface area is 125 Å². The molecule has 1 aliphatic rings. The molecule has 1 heterocycles. The molecule has 122 valence electrons. The molecule has 0 bridgehead atoms. The summed E-state index contributed by atoms with van der Waals surface area (Å²) in [5.41, 5.74) is 0. The Bertz CT molecular complexity index is 489. The predicted molar refractivity (Wildman–Crippen MR) is 78.8 cm³/mol. The average molecular weight is 320 g/mol. The molecule has 21 heavy (non-hydrogen) atoms. The van der Waals surface area contributed by atoms with Crippen LogP contribution in [-0.2, 0) is 14.6 Å². The monoisotopic (exact) mass is 320 g/mol. The number of nitrogens with zero attached hydrogens (tertiary/aromatic N) is 1. The van der Waals surface area contributed by atoms with Crippen molar-refractivity contribution in [3.05, 3.63) is 0 Å². The van der Waals surface area contributed by atoms with E-state index in [-0.39, 0.29) is 30.0 Å². The number of carbonyl (C=O) groups excluding carboxylic acids is 1. The van der Waals surface area contributed by atoms with Crippen LogP contribution >= 0.6 is 0 Å². The Balaban J connectivity index is 2.50. The van der Waals surface area contributed by atoms with Crippen LogP contribution in [0.25, 0.3) is 0 Å². The second-order valence-electron chi connectivity index (χ2n) is 6.02. The summed E-state index contributed by atoms with van der Waals surface area (Å²) >= 11 is 0. The lowest BCUT2D eigenvalue weighted by molar-refractivity contribution is -0.142. The smallest absolute Gasteiger partial charge is 0.317 e. The topological polar surface area (TPSA) is 104 Å². The minimum atomic E-state index is -3.05. The van der Waals surface area contributed by atoms with Crippen molar-refractivity contribution in [1.82, 2.24) is 10.2 Å². The highest BCUT2D eigenvalue weighted by Crippen LogP contribution is 2.17. The lowest BCUT2D eigenvalue weighted by atomic mass is 9.97. The fourth-order valence-electron chi connectivity index (χ4n) is 2.42. The molecular weight excluding hydrogens is 296 g/mol. The Hall–Kier alpha value is -1.31. The highest BCUT2D eigenvalue weighted by molar-refractivity contribution is 7.91. The van der Waals surface area contributed by atoms with E-state index in [0.717, 1.165) is 0 Å². The molecule has 0 aromatic carbocycles. The van der Waals surface area contributed by atoms with Gasteiger partial charge in [-0.2, -0.15) is 0 Å². The van der Waals surface area contributed by atoms with Crippen molar-refractivity contribution in [2.75, 3.05) is 25.1 Å². The fourth-order valence-corrected chi connectivity index (χ4v) is 4.20. The number of nitrogens with one attached hydrogen (secondary N) is 1. The summed E-state index contributed by atoms with van der Waals surface area (Å²) in [6.07, 6.45) is 0.914. The first kappa shape index (κ1) is 17.7. The molecule has 8 heteroatoms. The Kier molecular flexibility index (Phi) is 6.00. The van der Waals surface area contributed by atoms with Crippen molar-refractivity contribution in [2.45, 2.75) is 32.7 Å². The largest absolute Gasteiger partial charge is 0.481 e. The van der Waals surface area contributed by atoms with Crippen molar-refractivity contribution < 1.29 is 23.1 Å². The van der Waals surface area contributed by atoms with Gasteiger partial charge in [0.25, 0.3) is 0 Å². The van der Waals surface area contributed by atoms with Gasteiger partial charge < -0.3 is 15.3 Å². The third kappa shape index (κ3) is 5.53. The van der Waals surface area contributed by atoms with E-state index in [1.54, 1.807) is 7.05 Å². The first-order valence-electron chi connectivity index (χ1n) is 7.06. The highest BCUT2D eigenvalue weighted by atomic mass is 32.2. The summed E-state index contributed by atoms with van der Waals surface area (Å²) in [7, 11) is -1.51. The fraction of sp³-hybridized carbons (Fsp3) is 0.846.